The second-order valence-electron chi connectivity index (χ2n) is 5.34. The van der Waals surface area contributed by atoms with Gasteiger partial charge >= 0.3 is 115 Å². The molecule has 0 saturated heterocycles. The Morgan fingerprint density at radius 2 is 1.70 bits per heavy atom. The number of hydrogen-bond acceptors (Lipinski definition) is 3. The van der Waals surface area contributed by atoms with Crippen LogP contribution in [0.3, 0.4) is 0 Å². The number of anilines is 1. The van der Waals surface area contributed by atoms with Crippen molar-refractivity contribution in [2.45, 2.75) is 58.3 Å². The van der Waals surface area contributed by atoms with Crippen LogP contribution in [0.25, 0.3) is 0 Å². The second kappa shape index (κ2) is 9.14. The Bertz CT molecular complexity index is 479. The molecule has 1 aromatic carbocycles. The molecular weight excluding hydrogens is 313 g/mol. The van der Waals surface area contributed by atoms with E-state index in [0.29, 0.717) is 0 Å². The van der Waals surface area contributed by atoms with Crippen LogP contribution in [-0.4, -0.2) is 21.1 Å². The van der Waals surface area contributed by atoms with Gasteiger partial charge in [0, 0.05) is 0 Å². The summed E-state index contributed by atoms with van der Waals surface area (Å²) in [6, 6.07) is 6.23. The van der Waals surface area contributed by atoms with Crippen LogP contribution in [-0.2, 0) is 0 Å². The Balaban J connectivity index is 1.56. The first-order valence-electron chi connectivity index (χ1n) is 7.87. The molecule has 0 radical (unpaired) electrons. The summed E-state index contributed by atoms with van der Waals surface area (Å²) in [4.78, 5) is 0. The van der Waals surface area contributed by atoms with Crippen LogP contribution in [0.15, 0.2) is 26.1 Å². The van der Waals surface area contributed by atoms with E-state index in [9.17, 15) is 0 Å². The average Bonchev–Trinajstić information content (AvgIpc) is 2.95. The van der Waals surface area contributed by atoms with Crippen molar-refractivity contribution in [2.75, 3.05) is 11.9 Å². The third-order valence-electron chi connectivity index (χ3n) is 3.63. The van der Waals surface area contributed by atoms with Crippen molar-refractivity contribution in [3.63, 3.8) is 0 Å². The molecule has 0 aliphatic carbocycles. The molecule has 1 N–H and O–H groups in total. The van der Waals surface area contributed by atoms with E-state index in [0.717, 1.165) is 23.6 Å². The third-order valence-corrected chi connectivity index (χ3v) is 4.77. The summed E-state index contributed by atoms with van der Waals surface area (Å²) in [5, 5.41) is 3.51. The second-order valence-corrected chi connectivity index (χ2v) is 6.45. The molecule has 0 fully saturated rings. The van der Waals surface area contributed by atoms with Crippen molar-refractivity contribution in [2.24, 2.45) is 7.92 Å². The van der Waals surface area contributed by atoms with E-state index in [1.807, 2.05) is 0 Å². The van der Waals surface area contributed by atoms with Gasteiger partial charge in [-0.25, -0.2) is 0 Å². The molecule has 4 heteroatoms. The molecule has 20 heavy (non-hydrogen) atoms. The van der Waals surface area contributed by atoms with Gasteiger partial charge in [0.1, 0.15) is 0 Å². The summed E-state index contributed by atoms with van der Waals surface area (Å²) in [5.41, 5.74) is 3.30. The number of nitrogens with one attached hydrogen (secondary N) is 1. The zero-order chi connectivity index (χ0) is 14.0. The minimum absolute atomic E-state index is 0.0681. The Morgan fingerprint density at radius 3 is 2.50 bits per heavy atom. The van der Waals surface area contributed by atoms with E-state index < -0.39 is 0 Å². The number of fused-ring (bicyclic) bond motifs is 1. The van der Waals surface area contributed by atoms with Crippen molar-refractivity contribution >= 4 is 31.6 Å². The fourth-order valence-electron chi connectivity index (χ4n) is 2.43. The Kier molecular flexibility index (Phi) is 7.10. The summed E-state index contributed by atoms with van der Waals surface area (Å²) in [6.07, 6.45) is 10.9. The molecule has 1 aliphatic rings. The van der Waals surface area contributed by atoms with Crippen LogP contribution in [0.5, 0.6) is 0 Å². The minimum atomic E-state index is 0.0681. The van der Waals surface area contributed by atoms with Crippen LogP contribution in [0, 0.1) is 0 Å². The van der Waals surface area contributed by atoms with Crippen molar-refractivity contribution in [3.8, 4) is 0 Å². The van der Waals surface area contributed by atoms with E-state index >= 15 is 0 Å². The number of unbranched alkanes of at least 4 members (excludes halogenated alkanes) is 7. The third kappa shape index (κ3) is 4.91. The number of nitrogens with zero attached hydrogens (tertiary/aromatic N) is 2. The standard InChI is InChI=1S/C16H25N3Se/c1-2-3-4-5-6-7-8-9-13-17-14-11-10-12-15-16(14)19-20-18-15/h10-12,17H,2-9,13H2,1H3. The van der Waals surface area contributed by atoms with E-state index in [1.165, 1.54) is 51.4 Å². The van der Waals surface area contributed by atoms with Crippen molar-refractivity contribution in [1.82, 2.24) is 0 Å². The maximum atomic E-state index is 4.49. The Morgan fingerprint density at radius 1 is 0.950 bits per heavy atom. The van der Waals surface area contributed by atoms with Gasteiger partial charge in [-0.15, -0.1) is 0 Å². The van der Waals surface area contributed by atoms with Crippen molar-refractivity contribution in [3.05, 3.63) is 18.2 Å². The summed E-state index contributed by atoms with van der Waals surface area (Å²) >= 11 is 0.0681. The van der Waals surface area contributed by atoms with Gasteiger partial charge in [0.05, 0.1) is 0 Å². The van der Waals surface area contributed by atoms with Crippen molar-refractivity contribution in [1.29, 1.82) is 0 Å². The van der Waals surface area contributed by atoms with Crippen molar-refractivity contribution < 1.29 is 0 Å². The molecule has 110 valence electrons. The van der Waals surface area contributed by atoms with Gasteiger partial charge in [0.2, 0.25) is 0 Å². The van der Waals surface area contributed by atoms with Gasteiger partial charge < -0.3 is 0 Å². The predicted octanol–water partition coefficient (Wildman–Crippen LogP) is 5.59. The Labute approximate surface area is 128 Å². The zero-order valence-corrected chi connectivity index (χ0v) is 14.1. The summed E-state index contributed by atoms with van der Waals surface area (Å²) < 4.78 is 8.90. The topological polar surface area (TPSA) is 36.8 Å². The van der Waals surface area contributed by atoms with Crippen LogP contribution < -0.4 is 5.32 Å². The van der Waals surface area contributed by atoms with Gasteiger partial charge in [0.15, 0.2) is 0 Å². The first-order chi connectivity index (χ1) is 9.92. The molecule has 0 spiro atoms. The summed E-state index contributed by atoms with van der Waals surface area (Å²) in [7, 11) is 0. The Hall–Kier alpha value is -0.861. The molecule has 0 amide bonds. The molecule has 3 nitrogen and oxygen atoms in total. The summed E-state index contributed by atoms with van der Waals surface area (Å²) in [5.74, 6) is 0. The van der Waals surface area contributed by atoms with Crippen LogP contribution >= 0.6 is 0 Å². The van der Waals surface area contributed by atoms with E-state index in [4.69, 9.17) is 0 Å². The average molecular weight is 338 g/mol. The fourth-order valence-corrected chi connectivity index (χ4v) is 3.58. The number of rotatable bonds is 10. The van der Waals surface area contributed by atoms with E-state index in [1.54, 1.807) is 0 Å². The van der Waals surface area contributed by atoms with Gasteiger partial charge in [-0.2, -0.15) is 0 Å². The van der Waals surface area contributed by atoms with Crippen LogP contribution in [0.4, 0.5) is 17.1 Å². The molecule has 0 unspecified atom stereocenters. The molecule has 0 saturated carbocycles. The number of benzene rings is 1. The molecule has 0 bridgehead atoms. The maximum absolute atomic E-state index is 4.49. The molecular formula is C16H25N3Se. The van der Waals surface area contributed by atoms with E-state index in [-0.39, 0.29) is 14.6 Å². The first-order valence-corrected chi connectivity index (χ1v) is 9.40. The summed E-state index contributed by atoms with van der Waals surface area (Å²) in [6.45, 7) is 3.32. The van der Waals surface area contributed by atoms with Crippen LogP contribution in [0.2, 0.25) is 0 Å². The van der Waals surface area contributed by atoms with E-state index in [2.05, 4.69) is 38.4 Å². The normalized spacial score (nSPS) is 12.2. The molecule has 2 rings (SSSR count). The van der Waals surface area contributed by atoms with Gasteiger partial charge in [-0.05, 0) is 0 Å². The molecule has 1 aromatic rings. The fraction of sp³-hybridized carbons (Fsp3) is 0.625. The number of hydrogen-bond donors (Lipinski definition) is 1. The molecule has 0 atom stereocenters. The van der Waals surface area contributed by atoms with Crippen LogP contribution in [0.1, 0.15) is 58.3 Å². The SMILES string of the molecule is CCCCCCCCCCNc1cccc2c1N=[Se]=N2. The van der Waals surface area contributed by atoms with Gasteiger partial charge in [-0.3, -0.25) is 0 Å². The quantitative estimate of drug-likeness (QED) is 0.445. The molecule has 0 aromatic heterocycles. The van der Waals surface area contributed by atoms with Gasteiger partial charge in [0.25, 0.3) is 0 Å². The first kappa shape index (κ1) is 15.5. The monoisotopic (exact) mass is 339 g/mol. The predicted molar refractivity (Wildman–Crippen MR) is 87.5 cm³/mol. The molecule has 1 heterocycles. The van der Waals surface area contributed by atoms with Gasteiger partial charge in [-0.1, -0.05) is 13.3 Å². The molecule has 1 aliphatic heterocycles. The zero-order valence-electron chi connectivity index (χ0n) is 12.4.